The van der Waals surface area contributed by atoms with Gasteiger partial charge in [-0.05, 0) is 57.8 Å². The summed E-state index contributed by atoms with van der Waals surface area (Å²) in [5, 5.41) is 0. The van der Waals surface area contributed by atoms with E-state index in [1.807, 2.05) is 6.08 Å². The monoisotopic (exact) mass is 895 g/mol. The topological polar surface area (TPSA) is 78.9 Å². The fraction of sp³-hybridized carbons (Fsp3) is 0.776. The summed E-state index contributed by atoms with van der Waals surface area (Å²) in [6, 6.07) is 0. The standard InChI is InChI=1S/C58H102O6/c1-4-7-10-13-16-19-21-23-25-27-29-31-32-34-36-39-42-45-48-51-57(60)63-54-55(53-62-56(59)50-47-44-41-38-18-15-12-9-6-3)64-58(61)52-49-46-43-40-37-35-33-30-28-26-24-22-20-17-14-11-8-5-2/h9,12,16,18-19,21,23,38,44,47,55H,4-8,10-11,13-15,17,20,22,24-37,39-43,45-46,48-54H2,1-3H3/b12-9-,19-16-,23-21-,38-18-,47-44-. The highest BCUT2D eigenvalue weighted by Gasteiger charge is 2.19. The van der Waals surface area contributed by atoms with Gasteiger partial charge in [0.05, 0.1) is 6.42 Å². The molecule has 370 valence electrons. The van der Waals surface area contributed by atoms with Crippen molar-refractivity contribution in [3.05, 3.63) is 60.8 Å². The highest BCUT2D eigenvalue weighted by molar-refractivity contribution is 5.72. The lowest BCUT2D eigenvalue weighted by molar-refractivity contribution is -0.166. The van der Waals surface area contributed by atoms with Crippen LogP contribution in [-0.4, -0.2) is 37.2 Å². The number of carbonyl (C=O) groups excluding carboxylic acids is 3. The number of unbranched alkanes of at least 4 members (excludes halogenated alkanes) is 30. The minimum atomic E-state index is -0.808. The van der Waals surface area contributed by atoms with Crippen LogP contribution in [0.25, 0.3) is 0 Å². The fourth-order valence-corrected chi connectivity index (χ4v) is 7.73. The Hall–Kier alpha value is -2.89. The third-order valence-corrected chi connectivity index (χ3v) is 11.8. The van der Waals surface area contributed by atoms with Gasteiger partial charge in [0.15, 0.2) is 6.10 Å². The average Bonchev–Trinajstić information content (AvgIpc) is 3.29. The first-order chi connectivity index (χ1) is 31.5. The second-order valence-electron chi connectivity index (χ2n) is 18.2. The molecule has 0 aromatic heterocycles. The Labute approximate surface area is 396 Å². The maximum Gasteiger partial charge on any atom is 0.309 e. The summed E-state index contributed by atoms with van der Waals surface area (Å²) in [5.74, 6) is -1.02. The summed E-state index contributed by atoms with van der Waals surface area (Å²) in [4.78, 5) is 37.9. The maximum atomic E-state index is 12.8. The van der Waals surface area contributed by atoms with Gasteiger partial charge in [0.2, 0.25) is 0 Å². The molecule has 0 aromatic carbocycles. The van der Waals surface area contributed by atoms with Crippen molar-refractivity contribution in [3.63, 3.8) is 0 Å². The molecule has 64 heavy (non-hydrogen) atoms. The summed E-state index contributed by atoms with van der Waals surface area (Å²) >= 11 is 0. The molecule has 6 nitrogen and oxygen atoms in total. The third kappa shape index (κ3) is 50.1. The van der Waals surface area contributed by atoms with Crippen LogP contribution < -0.4 is 0 Å². The lowest BCUT2D eigenvalue weighted by Gasteiger charge is -2.18. The van der Waals surface area contributed by atoms with E-state index in [-0.39, 0.29) is 31.6 Å². The van der Waals surface area contributed by atoms with Crippen LogP contribution in [0.1, 0.15) is 271 Å². The Morgan fingerprint density at radius 2 is 0.703 bits per heavy atom. The molecule has 0 spiro atoms. The molecule has 0 saturated heterocycles. The molecular formula is C58H102O6. The average molecular weight is 895 g/mol. The Balaban J connectivity index is 4.30. The van der Waals surface area contributed by atoms with Crippen molar-refractivity contribution in [3.8, 4) is 0 Å². The van der Waals surface area contributed by atoms with Crippen molar-refractivity contribution in [1.82, 2.24) is 0 Å². The molecule has 0 aliphatic heterocycles. The molecular weight excluding hydrogens is 793 g/mol. The molecule has 0 amide bonds. The predicted octanol–water partition coefficient (Wildman–Crippen LogP) is 18.0. The van der Waals surface area contributed by atoms with Gasteiger partial charge in [-0.2, -0.15) is 0 Å². The first-order valence-corrected chi connectivity index (χ1v) is 27.3. The van der Waals surface area contributed by atoms with Gasteiger partial charge in [-0.1, -0.05) is 255 Å². The molecule has 1 unspecified atom stereocenters. The molecule has 6 heteroatoms. The molecule has 0 saturated carbocycles. The lowest BCUT2D eigenvalue weighted by Crippen LogP contribution is -2.30. The number of ether oxygens (including phenoxy) is 3. The number of carbonyl (C=O) groups is 3. The summed E-state index contributed by atoms with van der Waals surface area (Å²) in [7, 11) is 0. The molecule has 0 aliphatic rings. The summed E-state index contributed by atoms with van der Waals surface area (Å²) in [6.45, 7) is 6.42. The van der Waals surface area contributed by atoms with E-state index >= 15 is 0 Å². The highest BCUT2D eigenvalue weighted by atomic mass is 16.6. The van der Waals surface area contributed by atoms with Crippen molar-refractivity contribution >= 4 is 17.9 Å². The van der Waals surface area contributed by atoms with E-state index in [0.717, 1.165) is 57.8 Å². The minimum absolute atomic E-state index is 0.101. The zero-order chi connectivity index (χ0) is 46.5. The summed E-state index contributed by atoms with van der Waals surface area (Å²) in [6.07, 6.45) is 65.4. The molecule has 0 N–H and O–H groups in total. The first kappa shape index (κ1) is 61.1. The lowest BCUT2D eigenvalue weighted by atomic mass is 10.0. The summed E-state index contributed by atoms with van der Waals surface area (Å²) in [5.41, 5.74) is 0. The van der Waals surface area contributed by atoms with Gasteiger partial charge in [0.1, 0.15) is 13.2 Å². The molecule has 1 atom stereocenters. The van der Waals surface area contributed by atoms with Crippen LogP contribution in [0.5, 0.6) is 0 Å². The predicted molar refractivity (Wildman–Crippen MR) is 275 cm³/mol. The molecule has 0 rings (SSSR count). The quantitative estimate of drug-likeness (QED) is 0.0199. The second kappa shape index (κ2) is 52.7. The van der Waals surface area contributed by atoms with Gasteiger partial charge < -0.3 is 14.2 Å². The van der Waals surface area contributed by atoms with Crippen LogP contribution in [0.2, 0.25) is 0 Å². The van der Waals surface area contributed by atoms with Gasteiger partial charge in [-0.25, -0.2) is 0 Å². The fourth-order valence-electron chi connectivity index (χ4n) is 7.73. The van der Waals surface area contributed by atoms with E-state index in [0.29, 0.717) is 12.8 Å². The Bertz CT molecular complexity index is 1170. The normalized spacial score (nSPS) is 12.5. The van der Waals surface area contributed by atoms with E-state index in [1.54, 1.807) is 6.08 Å². The molecule has 0 radical (unpaired) electrons. The first-order valence-electron chi connectivity index (χ1n) is 27.3. The summed E-state index contributed by atoms with van der Waals surface area (Å²) < 4.78 is 16.7. The number of rotatable bonds is 49. The van der Waals surface area contributed by atoms with Crippen LogP contribution in [-0.2, 0) is 28.6 Å². The van der Waals surface area contributed by atoms with Crippen LogP contribution in [0, 0.1) is 0 Å². The van der Waals surface area contributed by atoms with E-state index in [9.17, 15) is 14.4 Å². The van der Waals surface area contributed by atoms with Crippen molar-refractivity contribution in [2.45, 2.75) is 277 Å². The highest BCUT2D eigenvalue weighted by Crippen LogP contribution is 2.16. The van der Waals surface area contributed by atoms with Crippen molar-refractivity contribution < 1.29 is 28.6 Å². The van der Waals surface area contributed by atoms with Crippen LogP contribution in [0.3, 0.4) is 0 Å². The number of hydrogen-bond donors (Lipinski definition) is 0. The van der Waals surface area contributed by atoms with Gasteiger partial charge in [0, 0.05) is 12.8 Å². The van der Waals surface area contributed by atoms with E-state index in [1.165, 1.54) is 173 Å². The van der Waals surface area contributed by atoms with E-state index in [4.69, 9.17) is 14.2 Å². The number of allylic oxidation sites excluding steroid dienone is 9. The van der Waals surface area contributed by atoms with Crippen LogP contribution in [0.4, 0.5) is 0 Å². The van der Waals surface area contributed by atoms with Gasteiger partial charge >= 0.3 is 17.9 Å². The molecule has 0 fully saturated rings. The zero-order valence-corrected chi connectivity index (χ0v) is 42.3. The number of esters is 3. The Kier molecular flexibility index (Phi) is 50.4. The second-order valence-corrected chi connectivity index (χ2v) is 18.2. The largest absolute Gasteiger partial charge is 0.462 e. The van der Waals surface area contributed by atoms with Crippen LogP contribution >= 0.6 is 0 Å². The minimum Gasteiger partial charge on any atom is -0.462 e. The van der Waals surface area contributed by atoms with Gasteiger partial charge in [0.25, 0.3) is 0 Å². The Morgan fingerprint density at radius 3 is 1.16 bits per heavy atom. The molecule has 0 heterocycles. The van der Waals surface area contributed by atoms with Crippen molar-refractivity contribution in [2.75, 3.05) is 13.2 Å². The smallest absolute Gasteiger partial charge is 0.309 e. The maximum absolute atomic E-state index is 12.8. The third-order valence-electron chi connectivity index (χ3n) is 11.8. The van der Waals surface area contributed by atoms with Crippen LogP contribution in [0.15, 0.2) is 60.8 Å². The number of hydrogen-bond acceptors (Lipinski definition) is 6. The van der Waals surface area contributed by atoms with Crippen molar-refractivity contribution in [1.29, 1.82) is 0 Å². The van der Waals surface area contributed by atoms with E-state index in [2.05, 4.69) is 69.4 Å². The van der Waals surface area contributed by atoms with Gasteiger partial charge in [-0.15, -0.1) is 0 Å². The molecule has 0 aromatic rings. The van der Waals surface area contributed by atoms with Gasteiger partial charge in [-0.3, -0.25) is 14.4 Å². The van der Waals surface area contributed by atoms with E-state index < -0.39 is 12.1 Å². The SMILES string of the molecule is CC/C=C\C/C=C\C/C=C\CC(=O)OCC(COC(=O)CCCCCCCCCCCC/C=C\C=C/CCCCC)OC(=O)CCCCCCCCCCCCCCCCCCCC. The zero-order valence-electron chi connectivity index (χ0n) is 42.3. The molecule has 0 aliphatic carbocycles. The Morgan fingerprint density at radius 1 is 0.359 bits per heavy atom. The molecule has 0 bridgehead atoms. The van der Waals surface area contributed by atoms with Crippen molar-refractivity contribution in [2.24, 2.45) is 0 Å².